The smallest absolute Gasteiger partial charge is 0.244 e. The highest BCUT2D eigenvalue weighted by atomic mass is 16.5. The van der Waals surface area contributed by atoms with Crippen molar-refractivity contribution < 1.29 is 14.6 Å². The van der Waals surface area contributed by atoms with Crippen molar-refractivity contribution in [3.05, 3.63) is 29.5 Å². The van der Waals surface area contributed by atoms with Gasteiger partial charge in [-0.15, -0.1) is 0 Å². The summed E-state index contributed by atoms with van der Waals surface area (Å²) in [7, 11) is 1.60. The van der Waals surface area contributed by atoms with E-state index in [1.165, 1.54) is 0 Å². The van der Waals surface area contributed by atoms with E-state index in [4.69, 9.17) is 9.84 Å². The average Bonchev–Trinajstić information content (AvgIpc) is 3.13. The molecule has 2 heterocycles. The molecule has 1 aliphatic carbocycles. The zero-order valence-corrected chi connectivity index (χ0v) is 14.6. The molecular formula is C18H21N5O3. The average molecular weight is 355 g/mol. The van der Waals surface area contributed by atoms with Gasteiger partial charge in [-0.25, -0.2) is 4.98 Å². The second-order valence-corrected chi connectivity index (χ2v) is 6.32. The van der Waals surface area contributed by atoms with E-state index in [2.05, 4.69) is 20.6 Å². The van der Waals surface area contributed by atoms with Crippen molar-refractivity contribution in [1.29, 1.82) is 0 Å². The summed E-state index contributed by atoms with van der Waals surface area (Å²) in [4.78, 5) is 23.4. The molecule has 0 fully saturated rings. The summed E-state index contributed by atoms with van der Waals surface area (Å²) >= 11 is 0. The summed E-state index contributed by atoms with van der Waals surface area (Å²) in [5, 5.41) is 15.0. The standard InChI is InChI=1S/C18H21N5O3/c1-26-11-5-6-15-14(9-11)20-16(25)10-23(15)17-12-3-2-4-13(12)21-18(22-17)19-7-8-24/h5-6,9,24H,2-4,7-8,10H2,1H3,(H,20,25)(H,19,21,22). The Labute approximate surface area is 151 Å². The van der Waals surface area contributed by atoms with Crippen LogP contribution in [-0.2, 0) is 17.6 Å². The van der Waals surface area contributed by atoms with Crippen LogP contribution in [0.5, 0.6) is 5.75 Å². The fourth-order valence-electron chi connectivity index (χ4n) is 3.47. The lowest BCUT2D eigenvalue weighted by atomic mass is 10.1. The Morgan fingerprint density at radius 2 is 2.23 bits per heavy atom. The van der Waals surface area contributed by atoms with E-state index in [0.717, 1.165) is 42.0 Å². The second kappa shape index (κ2) is 6.80. The molecule has 4 rings (SSSR count). The Morgan fingerprint density at radius 1 is 1.35 bits per heavy atom. The molecule has 0 unspecified atom stereocenters. The first-order chi connectivity index (χ1) is 12.7. The summed E-state index contributed by atoms with van der Waals surface area (Å²) in [6.45, 7) is 0.583. The molecule has 26 heavy (non-hydrogen) atoms. The number of carbonyl (C=O) groups is 1. The normalized spacial score (nSPS) is 15.3. The molecule has 0 saturated carbocycles. The Balaban J connectivity index is 1.80. The molecule has 1 amide bonds. The van der Waals surface area contributed by atoms with E-state index in [9.17, 15) is 4.79 Å². The number of nitrogens with zero attached hydrogens (tertiary/aromatic N) is 3. The molecule has 8 nitrogen and oxygen atoms in total. The lowest BCUT2D eigenvalue weighted by molar-refractivity contribution is -0.115. The van der Waals surface area contributed by atoms with Crippen molar-refractivity contribution in [2.45, 2.75) is 19.3 Å². The van der Waals surface area contributed by atoms with Crippen molar-refractivity contribution in [3.8, 4) is 5.75 Å². The van der Waals surface area contributed by atoms with Crippen molar-refractivity contribution in [2.75, 3.05) is 42.3 Å². The van der Waals surface area contributed by atoms with E-state index >= 15 is 0 Å². The summed E-state index contributed by atoms with van der Waals surface area (Å²) in [6, 6.07) is 5.61. The summed E-state index contributed by atoms with van der Waals surface area (Å²) < 4.78 is 5.26. The first-order valence-corrected chi connectivity index (χ1v) is 8.69. The summed E-state index contributed by atoms with van der Waals surface area (Å²) in [5.74, 6) is 1.83. The number of ether oxygens (including phenoxy) is 1. The highest BCUT2D eigenvalue weighted by molar-refractivity contribution is 6.03. The molecule has 1 aromatic carbocycles. The van der Waals surface area contributed by atoms with E-state index in [1.807, 2.05) is 23.1 Å². The van der Waals surface area contributed by atoms with Crippen molar-refractivity contribution >= 4 is 29.0 Å². The zero-order chi connectivity index (χ0) is 18.1. The molecular weight excluding hydrogens is 334 g/mol. The van der Waals surface area contributed by atoms with E-state index in [1.54, 1.807) is 7.11 Å². The molecule has 3 N–H and O–H groups in total. The minimum atomic E-state index is -0.0963. The van der Waals surface area contributed by atoms with Gasteiger partial charge in [0.05, 0.1) is 30.8 Å². The van der Waals surface area contributed by atoms with Gasteiger partial charge in [-0.2, -0.15) is 4.98 Å². The van der Waals surface area contributed by atoms with Gasteiger partial charge in [0.1, 0.15) is 18.1 Å². The molecule has 1 aromatic heterocycles. The monoisotopic (exact) mass is 355 g/mol. The quantitative estimate of drug-likeness (QED) is 0.747. The predicted molar refractivity (Wildman–Crippen MR) is 98.3 cm³/mol. The van der Waals surface area contributed by atoms with E-state index in [-0.39, 0.29) is 19.1 Å². The lowest BCUT2D eigenvalue weighted by Crippen LogP contribution is -2.36. The van der Waals surface area contributed by atoms with Crippen LogP contribution in [-0.4, -0.2) is 47.8 Å². The van der Waals surface area contributed by atoms with Crippen LogP contribution in [0.4, 0.5) is 23.1 Å². The topological polar surface area (TPSA) is 99.6 Å². The number of amides is 1. The lowest BCUT2D eigenvalue weighted by Gasteiger charge is -2.31. The fraction of sp³-hybridized carbons (Fsp3) is 0.389. The molecule has 0 bridgehead atoms. The number of fused-ring (bicyclic) bond motifs is 2. The van der Waals surface area contributed by atoms with Crippen LogP contribution in [0, 0.1) is 0 Å². The third kappa shape index (κ3) is 2.92. The third-order valence-corrected chi connectivity index (χ3v) is 4.63. The maximum absolute atomic E-state index is 12.3. The van der Waals surface area contributed by atoms with Crippen LogP contribution in [0.25, 0.3) is 0 Å². The molecule has 136 valence electrons. The number of nitrogens with one attached hydrogen (secondary N) is 2. The largest absolute Gasteiger partial charge is 0.497 e. The number of carbonyl (C=O) groups excluding carboxylic acids is 1. The van der Waals surface area contributed by atoms with Gasteiger partial charge in [-0.05, 0) is 31.4 Å². The number of aliphatic hydroxyl groups is 1. The highest BCUT2D eigenvalue weighted by Gasteiger charge is 2.29. The van der Waals surface area contributed by atoms with Crippen LogP contribution < -0.4 is 20.3 Å². The second-order valence-electron chi connectivity index (χ2n) is 6.32. The molecule has 0 atom stereocenters. The van der Waals surface area contributed by atoms with Crippen LogP contribution in [0.2, 0.25) is 0 Å². The Kier molecular flexibility index (Phi) is 4.34. The molecule has 0 radical (unpaired) electrons. The highest BCUT2D eigenvalue weighted by Crippen LogP contribution is 2.40. The number of benzene rings is 1. The van der Waals surface area contributed by atoms with Gasteiger partial charge in [0.15, 0.2) is 0 Å². The number of hydrogen-bond donors (Lipinski definition) is 3. The molecule has 2 aliphatic rings. The maximum atomic E-state index is 12.3. The van der Waals surface area contributed by atoms with E-state index < -0.39 is 0 Å². The number of rotatable bonds is 5. The molecule has 8 heteroatoms. The Hall–Kier alpha value is -2.87. The third-order valence-electron chi connectivity index (χ3n) is 4.63. The minimum absolute atomic E-state index is 0.00449. The Bertz CT molecular complexity index is 855. The number of aryl methyl sites for hydroxylation is 1. The SMILES string of the molecule is COc1ccc2c(c1)NC(=O)CN2c1nc(NCCO)nc2c1CCC2. The fourth-order valence-corrected chi connectivity index (χ4v) is 3.47. The number of aliphatic hydroxyl groups excluding tert-OH is 1. The number of methoxy groups -OCH3 is 1. The van der Waals surface area contributed by atoms with Gasteiger partial charge in [0, 0.05) is 18.2 Å². The Morgan fingerprint density at radius 3 is 3.04 bits per heavy atom. The van der Waals surface area contributed by atoms with Gasteiger partial charge in [0.2, 0.25) is 11.9 Å². The van der Waals surface area contributed by atoms with Gasteiger partial charge in [-0.1, -0.05) is 0 Å². The summed E-state index contributed by atoms with van der Waals surface area (Å²) in [6.07, 6.45) is 2.82. The van der Waals surface area contributed by atoms with Crippen molar-refractivity contribution in [2.24, 2.45) is 0 Å². The number of hydrogen-bond acceptors (Lipinski definition) is 7. The minimum Gasteiger partial charge on any atom is -0.497 e. The van der Waals surface area contributed by atoms with Gasteiger partial charge >= 0.3 is 0 Å². The summed E-state index contributed by atoms with van der Waals surface area (Å²) in [5.41, 5.74) is 3.69. The first-order valence-electron chi connectivity index (χ1n) is 8.69. The first kappa shape index (κ1) is 16.6. The van der Waals surface area contributed by atoms with Crippen molar-refractivity contribution in [1.82, 2.24) is 9.97 Å². The zero-order valence-electron chi connectivity index (χ0n) is 14.6. The molecule has 1 aliphatic heterocycles. The number of aromatic nitrogens is 2. The maximum Gasteiger partial charge on any atom is 0.244 e. The van der Waals surface area contributed by atoms with Gasteiger partial charge < -0.3 is 25.4 Å². The van der Waals surface area contributed by atoms with Crippen LogP contribution >= 0.6 is 0 Å². The van der Waals surface area contributed by atoms with Gasteiger partial charge in [0.25, 0.3) is 0 Å². The van der Waals surface area contributed by atoms with Crippen molar-refractivity contribution in [3.63, 3.8) is 0 Å². The molecule has 0 spiro atoms. The van der Waals surface area contributed by atoms with Gasteiger partial charge in [-0.3, -0.25) is 4.79 Å². The van der Waals surface area contributed by atoms with Crippen LogP contribution in [0.15, 0.2) is 18.2 Å². The predicted octanol–water partition coefficient (Wildman–Crippen LogP) is 1.47. The van der Waals surface area contributed by atoms with Crippen LogP contribution in [0.1, 0.15) is 17.7 Å². The van der Waals surface area contributed by atoms with Crippen LogP contribution in [0.3, 0.4) is 0 Å². The molecule has 2 aromatic rings. The molecule has 0 saturated heterocycles. The van der Waals surface area contributed by atoms with E-state index in [0.29, 0.717) is 23.9 Å². The number of anilines is 4.